The van der Waals surface area contributed by atoms with Crippen LogP contribution in [-0.4, -0.2) is 60.8 Å². The highest BCUT2D eigenvalue weighted by Gasteiger charge is 2.19. The molecule has 0 radical (unpaired) electrons. The van der Waals surface area contributed by atoms with Crippen molar-refractivity contribution in [2.24, 2.45) is 5.92 Å². The van der Waals surface area contributed by atoms with E-state index in [-0.39, 0.29) is 5.82 Å². The van der Waals surface area contributed by atoms with Crippen LogP contribution in [0.3, 0.4) is 0 Å². The molecule has 4 nitrogen and oxygen atoms in total. The third kappa shape index (κ3) is 6.04. The van der Waals surface area contributed by atoms with Crippen LogP contribution < -0.4 is 5.32 Å². The molecule has 1 fully saturated rings. The number of nitrogens with one attached hydrogen (secondary N) is 1. The van der Waals surface area contributed by atoms with Crippen molar-refractivity contribution in [3.8, 4) is 0 Å². The average molecular weight is 378 g/mol. The standard InChI is InChI=1S/C20H28FN3OS/c21-18-6-8-19(9-7-18)22-20(26)24(16-17-4-2-1-3-5-17)11-10-23-12-14-25-15-13-23/h1-2,6-9,17H,3-5,10-16H2,(H,22,26). The Kier molecular flexibility index (Phi) is 7.41. The predicted molar refractivity (Wildman–Crippen MR) is 108 cm³/mol. The first-order valence-electron chi connectivity index (χ1n) is 9.47. The highest BCUT2D eigenvalue weighted by Crippen LogP contribution is 2.20. The zero-order valence-electron chi connectivity index (χ0n) is 15.2. The molecule has 142 valence electrons. The van der Waals surface area contributed by atoms with E-state index >= 15 is 0 Å². The highest BCUT2D eigenvalue weighted by molar-refractivity contribution is 7.80. The molecule has 1 aliphatic heterocycles. The number of benzene rings is 1. The van der Waals surface area contributed by atoms with Crippen molar-refractivity contribution < 1.29 is 9.13 Å². The second-order valence-electron chi connectivity index (χ2n) is 6.99. The summed E-state index contributed by atoms with van der Waals surface area (Å²) in [6, 6.07) is 6.36. The van der Waals surface area contributed by atoms with Crippen molar-refractivity contribution >= 4 is 23.0 Å². The van der Waals surface area contributed by atoms with Gasteiger partial charge in [0.05, 0.1) is 13.2 Å². The van der Waals surface area contributed by atoms with Crippen molar-refractivity contribution in [2.75, 3.05) is 51.3 Å². The van der Waals surface area contributed by atoms with Crippen molar-refractivity contribution in [2.45, 2.75) is 19.3 Å². The molecule has 1 aromatic rings. The maximum atomic E-state index is 13.1. The van der Waals surface area contributed by atoms with Gasteiger partial charge in [0, 0.05) is 38.4 Å². The Balaban J connectivity index is 1.59. The van der Waals surface area contributed by atoms with E-state index in [2.05, 4.69) is 27.3 Å². The van der Waals surface area contributed by atoms with Gasteiger partial charge in [0.25, 0.3) is 0 Å². The quantitative estimate of drug-likeness (QED) is 0.605. The van der Waals surface area contributed by atoms with Gasteiger partial charge in [-0.05, 0) is 61.7 Å². The molecule has 1 N–H and O–H groups in total. The number of anilines is 1. The minimum Gasteiger partial charge on any atom is -0.379 e. The summed E-state index contributed by atoms with van der Waals surface area (Å²) in [5, 5.41) is 4.00. The van der Waals surface area contributed by atoms with Crippen LogP contribution in [-0.2, 0) is 4.74 Å². The van der Waals surface area contributed by atoms with Crippen LogP contribution in [0.15, 0.2) is 36.4 Å². The van der Waals surface area contributed by atoms with Gasteiger partial charge in [-0.2, -0.15) is 0 Å². The van der Waals surface area contributed by atoms with Crippen LogP contribution >= 0.6 is 12.2 Å². The maximum Gasteiger partial charge on any atom is 0.173 e. The van der Waals surface area contributed by atoms with Crippen LogP contribution in [0.2, 0.25) is 0 Å². The topological polar surface area (TPSA) is 27.7 Å². The maximum absolute atomic E-state index is 13.1. The lowest BCUT2D eigenvalue weighted by molar-refractivity contribution is 0.0356. The van der Waals surface area contributed by atoms with E-state index in [1.54, 1.807) is 12.1 Å². The largest absolute Gasteiger partial charge is 0.379 e. The van der Waals surface area contributed by atoms with E-state index in [9.17, 15) is 4.39 Å². The third-order valence-corrected chi connectivity index (χ3v) is 5.39. The molecule has 0 saturated carbocycles. The first kappa shape index (κ1) is 19.3. The lowest BCUT2D eigenvalue weighted by Crippen LogP contribution is -2.45. The summed E-state index contributed by atoms with van der Waals surface area (Å²) in [5.41, 5.74) is 0.830. The molecule has 26 heavy (non-hydrogen) atoms. The molecule has 0 bridgehead atoms. The van der Waals surface area contributed by atoms with Crippen LogP contribution in [0.5, 0.6) is 0 Å². The molecule has 0 aromatic heterocycles. The molecule has 1 aromatic carbocycles. The lowest BCUT2D eigenvalue weighted by Gasteiger charge is -2.34. The highest BCUT2D eigenvalue weighted by atomic mass is 32.1. The van der Waals surface area contributed by atoms with E-state index in [0.717, 1.165) is 69.6 Å². The van der Waals surface area contributed by atoms with Crippen LogP contribution in [0, 0.1) is 11.7 Å². The molecule has 6 heteroatoms. The fraction of sp³-hybridized carbons (Fsp3) is 0.550. The fourth-order valence-corrected chi connectivity index (χ4v) is 3.72. The molecular formula is C20H28FN3OS. The number of halogens is 1. The zero-order valence-corrected chi connectivity index (χ0v) is 16.0. The van der Waals surface area contributed by atoms with Gasteiger partial charge in [-0.15, -0.1) is 0 Å². The second kappa shape index (κ2) is 10.00. The zero-order chi connectivity index (χ0) is 18.2. The molecule has 1 unspecified atom stereocenters. The van der Waals surface area contributed by atoms with Crippen LogP contribution in [0.1, 0.15) is 19.3 Å². The Morgan fingerprint density at radius 2 is 2.00 bits per heavy atom. The number of hydrogen-bond donors (Lipinski definition) is 1. The molecule has 0 amide bonds. The minimum absolute atomic E-state index is 0.236. The number of nitrogens with zero attached hydrogens (tertiary/aromatic N) is 2. The van der Waals surface area contributed by atoms with E-state index in [4.69, 9.17) is 17.0 Å². The molecular weight excluding hydrogens is 349 g/mol. The number of rotatable bonds is 6. The SMILES string of the molecule is Fc1ccc(NC(=S)N(CCN2CCOCC2)CC2CC=CCC2)cc1. The Morgan fingerprint density at radius 1 is 1.23 bits per heavy atom. The first-order valence-corrected chi connectivity index (χ1v) is 9.88. The van der Waals surface area contributed by atoms with Crippen LogP contribution in [0.25, 0.3) is 0 Å². The molecule has 1 aliphatic carbocycles. The van der Waals surface area contributed by atoms with Gasteiger partial charge in [0.1, 0.15) is 5.82 Å². The molecule has 1 heterocycles. The Morgan fingerprint density at radius 3 is 2.69 bits per heavy atom. The van der Waals surface area contributed by atoms with Crippen LogP contribution in [0.4, 0.5) is 10.1 Å². The molecule has 3 rings (SSSR count). The molecule has 0 spiro atoms. The van der Waals surface area contributed by atoms with Crippen molar-refractivity contribution in [3.63, 3.8) is 0 Å². The van der Waals surface area contributed by atoms with Gasteiger partial charge in [0.2, 0.25) is 0 Å². The Labute approximate surface area is 161 Å². The Bertz CT molecular complexity index is 602. The molecule has 2 aliphatic rings. The predicted octanol–water partition coefficient (Wildman–Crippen LogP) is 3.51. The average Bonchev–Trinajstić information content (AvgIpc) is 2.68. The summed E-state index contributed by atoms with van der Waals surface area (Å²) in [6.07, 6.45) is 8.03. The second-order valence-corrected chi connectivity index (χ2v) is 7.37. The van der Waals surface area contributed by atoms with E-state index in [1.807, 2.05) is 0 Å². The first-order chi connectivity index (χ1) is 12.7. The number of morpholine rings is 1. The summed E-state index contributed by atoms with van der Waals surface area (Å²) in [7, 11) is 0. The van der Waals surface area contributed by atoms with Crippen molar-refractivity contribution in [1.82, 2.24) is 9.80 Å². The number of hydrogen-bond acceptors (Lipinski definition) is 3. The lowest BCUT2D eigenvalue weighted by atomic mass is 9.94. The molecule has 1 saturated heterocycles. The normalized spacial score (nSPS) is 20.7. The monoisotopic (exact) mass is 377 g/mol. The number of allylic oxidation sites excluding steroid dienone is 2. The summed E-state index contributed by atoms with van der Waals surface area (Å²) in [5.74, 6) is 0.400. The van der Waals surface area contributed by atoms with Gasteiger partial charge < -0.3 is 15.0 Å². The van der Waals surface area contributed by atoms with Crippen molar-refractivity contribution in [1.29, 1.82) is 0 Å². The fourth-order valence-electron chi connectivity index (χ4n) is 3.43. The van der Waals surface area contributed by atoms with E-state index in [1.165, 1.54) is 18.6 Å². The summed E-state index contributed by atoms with van der Waals surface area (Å²) >= 11 is 5.69. The number of thiocarbonyl (C=S) groups is 1. The summed E-state index contributed by atoms with van der Waals surface area (Å²) in [6.45, 7) is 6.43. The van der Waals surface area contributed by atoms with Crippen molar-refractivity contribution in [3.05, 3.63) is 42.2 Å². The minimum atomic E-state index is -0.236. The van der Waals surface area contributed by atoms with Gasteiger partial charge in [-0.25, -0.2) is 4.39 Å². The smallest absolute Gasteiger partial charge is 0.173 e. The Hall–Kier alpha value is -1.50. The van der Waals surface area contributed by atoms with Gasteiger partial charge in [0.15, 0.2) is 5.11 Å². The number of ether oxygens (including phenoxy) is 1. The molecule has 1 atom stereocenters. The van der Waals surface area contributed by atoms with Gasteiger partial charge in [-0.1, -0.05) is 12.2 Å². The summed E-state index contributed by atoms with van der Waals surface area (Å²) in [4.78, 5) is 4.70. The van der Waals surface area contributed by atoms with E-state index < -0.39 is 0 Å². The van der Waals surface area contributed by atoms with Gasteiger partial charge >= 0.3 is 0 Å². The third-order valence-electron chi connectivity index (χ3n) is 5.03. The summed E-state index contributed by atoms with van der Waals surface area (Å²) < 4.78 is 18.6. The van der Waals surface area contributed by atoms with Gasteiger partial charge in [-0.3, -0.25) is 4.90 Å². The van der Waals surface area contributed by atoms with E-state index in [0.29, 0.717) is 5.92 Å².